The van der Waals surface area contributed by atoms with Gasteiger partial charge in [-0.2, -0.15) is 5.10 Å². The van der Waals surface area contributed by atoms with E-state index in [1.807, 2.05) is 0 Å². The molecule has 1 aromatic carbocycles. The Kier molecular flexibility index (Phi) is 3.77. The molecule has 2 aromatic rings. The highest BCUT2D eigenvalue weighted by atomic mass is 16.5. The highest BCUT2D eigenvalue weighted by Gasteiger charge is 2.04. The lowest BCUT2D eigenvalue weighted by Gasteiger charge is -2.04. The summed E-state index contributed by atoms with van der Waals surface area (Å²) in [5.74, 6) is 0.209. The first-order valence-corrected chi connectivity index (χ1v) is 5.37. The maximum atomic E-state index is 9.57. The van der Waals surface area contributed by atoms with Crippen LogP contribution in [0.3, 0.4) is 0 Å². The van der Waals surface area contributed by atoms with E-state index >= 15 is 0 Å². The third-order valence-corrected chi connectivity index (χ3v) is 2.28. The van der Waals surface area contributed by atoms with E-state index in [2.05, 4.69) is 20.5 Å². The lowest BCUT2D eigenvalue weighted by atomic mass is 10.2. The maximum Gasteiger partial charge on any atom is 0.258 e. The molecule has 0 aliphatic heterocycles. The lowest BCUT2D eigenvalue weighted by molar-refractivity contribution is 0.398. The minimum atomic E-state index is -0.237. The van der Waals surface area contributed by atoms with Crippen molar-refractivity contribution in [3.05, 3.63) is 36.2 Å². The van der Waals surface area contributed by atoms with Crippen molar-refractivity contribution < 1.29 is 14.9 Å². The Morgan fingerprint density at radius 1 is 1.26 bits per heavy atom. The molecule has 7 heteroatoms. The molecule has 0 amide bonds. The molecule has 98 valence electrons. The number of hydrogen-bond donors (Lipinski definition) is 3. The van der Waals surface area contributed by atoms with Crippen molar-refractivity contribution in [2.24, 2.45) is 5.10 Å². The number of para-hydroxylation sites is 1. The number of methoxy groups -OCH3 is 1. The Morgan fingerprint density at radius 3 is 2.84 bits per heavy atom. The fourth-order valence-corrected chi connectivity index (χ4v) is 1.37. The van der Waals surface area contributed by atoms with Crippen LogP contribution >= 0.6 is 0 Å². The number of phenols is 2. The first-order valence-electron chi connectivity index (χ1n) is 5.37. The van der Waals surface area contributed by atoms with Crippen LogP contribution in [-0.4, -0.2) is 33.5 Å². The van der Waals surface area contributed by atoms with Crippen molar-refractivity contribution in [1.82, 2.24) is 9.97 Å². The van der Waals surface area contributed by atoms with Gasteiger partial charge in [-0.15, -0.1) is 0 Å². The minimum Gasteiger partial charge on any atom is -0.504 e. The molecule has 2 rings (SSSR count). The summed E-state index contributed by atoms with van der Waals surface area (Å²) in [6, 6.07) is 4.58. The number of aromatic hydroxyl groups is 2. The van der Waals surface area contributed by atoms with Gasteiger partial charge >= 0.3 is 0 Å². The van der Waals surface area contributed by atoms with Gasteiger partial charge < -0.3 is 14.9 Å². The minimum absolute atomic E-state index is 0.207. The average molecular weight is 260 g/mol. The van der Waals surface area contributed by atoms with Crippen molar-refractivity contribution in [2.75, 3.05) is 12.5 Å². The van der Waals surface area contributed by atoms with Crippen LogP contribution in [0.4, 0.5) is 5.82 Å². The molecule has 0 aliphatic carbocycles. The third-order valence-electron chi connectivity index (χ3n) is 2.28. The van der Waals surface area contributed by atoms with Crippen LogP contribution in [0.5, 0.6) is 17.4 Å². The van der Waals surface area contributed by atoms with Crippen molar-refractivity contribution in [3.8, 4) is 17.4 Å². The second-order valence-corrected chi connectivity index (χ2v) is 3.50. The van der Waals surface area contributed by atoms with E-state index in [0.29, 0.717) is 17.3 Å². The zero-order chi connectivity index (χ0) is 13.7. The van der Waals surface area contributed by atoms with E-state index < -0.39 is 0 Å². The largest absolute Gasteiger partial charge is 0.504 e. The van der Waals surface area contributed by atoms with Gasteiger partial charge in [0.25, 0.3) is 5.88 Å². The molecule has 0 fully saturated rings. The van der Waals surface area contributed by atoms with E-state index in [1.54, 1.807) is 12.1 Å². The zero-order valence-electron chi connectivity index (χ0n) is 10.1. The molecule has 0 bridgehead atoms. The van der Waals surface area contributed by atoms with E-state index in [0.717, 1.165) is 0 Å². The van der Waals surface area contributed by atoms with Gasteiger partial charge in [-0.05, 0) is 12.1 Å². The van der Waals surface area contributed by atoms with Crippen molar-refractivity contribution in [1.29, 1.82) is 0 Å². The Balaban J connectivity index is 2.14. The first-order chi connectivity index (χ1) is 9.22. The summed E-state index contributed by atoms with van der Waals surface area (Å²) in [5.41, 5.74) is 3.01. The number of benzene rings is 1. The number of nitrogens with one attached hydrogen (secondary N) is 1. The summed E-state index contributed by atoms with van der Waals surface area (Å²) in [6.07, 6.45) is 4.34. The lowest BCUT2D eigenvalue weighted by Crippen LogP contribution is -1.98. The average Bonchev–Trinajstić information content (AvgIpc) is 2.44. The summed E-state index contributed by atoms with van der Waals surface area (Å²) in [5, 5.41) is 22.8. The Morgan fingerprint density at radius 2 is 2.05 bits per heavy atom. The van der Waals surface area contributed by atoms with Gasteiger partial charge in [0, 0.05) is 18.0 Å². The number of aromatic nitrogens is 2. The SMILES string of the molecule is COc1nccnc1NN=Cc1cccc(O)c1O. The highest BCUT2D eigenvalue weighted by molar-refractivity contribution is 5.85. The molecule has 0 saturated carbocycles. The molecule has 0 saturated heterocycles. The first kappa shape index (κ1) is 12.6. The predicted molar refractivity (Wildman–Crippen MR) is 69.6 cm³/mol. The molecule has 0 unspecified atom stereocenters. The van der Waals surface area contributed by atoms with Gasteiger partial charge in [-0.25, -0.2) is 9.97 Å². The number of hydrazone groups is 1. The number of phenolic OH excluding ortho intramolecular Hbond substituents is 2. The molecule has 19 heavy (non-hydrogen) atoms. The van der Waals surface area contributed by atoms with Crippen LogP contribution in [0.15, 0.2) is 35.7 Å². The number of rotatable bonds is 4. The van der Waals surface area contributed by atoms with Crippen LogP contribution in [0.25, 0.3) is 0 Å². The van der Waals surface area contributed by atoms with Crippen molar-refractivity contribution in [2.45, 2.75) is 0 Å². The molecule has 0 atom stereocenters. The molecule has 0 radical (unpaired) electrons. The normalized spacial score (nSPS) is 10.6. The smallest absolute Gasteiger partial charge is 0.258 e. The van der Waals surface area contributed by atoms with Gasteiger partial charge in [-0.3, -0.25) is 5.43 Å². The zero-order valence-corrected chi connectivity index (χ0v) is 10.1. The monoisotopic (exact) mass is 260 g/mol. The summed E-state index contributed by atoms with van der Waals surface area (Å²) in [7, 11) is 1.47. The van der Waals surface area contributed by atoms with Crippen molar-refractivity contribution in [3.63, 3.8) is 0 Å². The second-order valence-electron chi connectivity index (χ2n) is 3.50. The Bertz CT molecular complexity index is 601. The molecule has 7 nitrogen and oxygen atoms in total. The summed E-state index contributed by atoms with van der Waals surface area (Å²) in [6.45, 7) is 0. The van der Waals surface area contributed by atoms with Gasteiger partial charge in [0.15, 0.2) is 11.5 Å². The highest BCUT2D eigenvalue weighted by Crippen LogP contribution is 2.26. The van der Waals surface area contributed by atoms with E-state index in [4.69, 9.17) is 4.74 Å². The topological polar surface area (TPSA) is 99.9 Å². The number of nitrogens with zero attached hydrogens (tertiary/aromatic N) is 3. The van der Waals surface area contributed by atoms with E-state index in [1.165, 1.54) is 31.8 Å². The predicted octanol–water partition coefficient (Wildman–Crippen LogP) is 1.34. The third kappa shape index (κ3) is 2.89. The molecule has 1 aromatic heterocycles. The number of hydrogen-bond acceptors (Lipinski definition) is 7. The van der Waals surface area contributed by atoms with E-state index in [-0.39, 0.29) is 11.5 Å². The van der Waals surface area contributed by atoms with Crippen LogP contribution in [0.1, 0.15) is 5.56 Å². The molecular formula is C12H12N4O3. The van der Waals surface area contributed by atoms with Crippen LogP contribution in [0.2, 0.25) is 0 Å². The molecule has 0 spiro atoms. The molecule has 3 N–H and O–H groups in total. The quantitative estimate of drug-likeness (QED) is 0.436. The fourth-order valence-electron chi connectivity index (χ4n) is 1.37. The standard InChI is InChI=1S/C12H12N4O3/c1-19-12-11(13-5-6-14-12)16-15-7-8-3-2-4-9(17)10(8)18/h2-7,17-18H,1H3,(H,13,16). The fraction of sp³-hybridized carbons (Fsp3) is 0.0833. The van der Waals surface area contributed by atoms with Crippen LogP contribution in [0, 0.1) is 0 Å². The second kappa shape index (κ2) is 5.67. The molecule has 0 aliphatic rings. The van der Waals surface area contributed by atoms with E-state index in [9.17, 15) is 10.2 Å². The summed E-state index contributed by atoms with van der Waals surface area (Å²) in [4.78, 5) is 7.94. The van der Waals surface area contributed by atoms with Gasteiger partial charge in [0.1, 0.15) is 0 Å². The molecular weight excluding hydrogens is 248 g/mol. The Labute approximate surface area is 109 Å². The van der Waals surface area contributed by atoms with Gasteiger partial charge in [0.2, 0.25) is 5.82 Å². The molecule has 1 heterocycles. The maximum absolute atomic E-state index is 9.57. The van der Waals surface area contributed by atoms with Crippen LogP contribution < -0.4 is 10.2 Å². The summed E-state index contributed by atoms with van der Waals surface area (Å²) < 4.78 is 4.99. The summed E-state index contributed by atoms with van der Waals surface area (Å²) >= 11 is 0. The number of ether oxygens (including phenoxy) is 1. The Hall–Kier alpha value is -2.83. The van der Waals surface area contributed by atoms with Crippen LogP contribution in [-0.2, 0) is 0 Å². The van der Waals surface area contributed by atoms with Crippen molar-refractivity contribution >= 4 is 12.0 Å². The van der Waals surface area contributed by atoms with Gasteiger partial charge in [-0.1, -0.05) is 6.07 Å². The number of anilines is 1. The van der Waals surface area contributed by atoms with Gasteiger partial charge in [0.05, 0.1) is 13.3 Å².